The number of carboxylic acid groups (broad SMARTS) is 1. The number of ether oxygens (including phenoxy) is 5. The largest absolute Gasteiger partial charge is 0.479 e. The summed E-state index contributed by atoms with van der Waals surface area (Å²) in [5.74, 6) is -3.46. The molecule has 260 valence electrons. The fourth-order valence-corrected chi connectivity index (χ4v) is 5.58. The summed E-state index contributed by atoms with van der Waals surface area (Å²) in [6.07, 6.45) is -26.0. The number of aliphatic carboxylic acids is 1. The highest BCUT2D eigenvalue weighted by Crippen LogP contribution is 2.33. The van der Waals surface area contributed by atoms with Gasteiger partial charge in [0.15, 0.2) is 25.0 Å². The Bertz CT molecular complexity index is 1160. The Hall–Kier alpha value is -2.20. The molecule has 22 nitrogen and oxygen atoms in total. The lowest BCUT2D eigenvalue weighted by molar-refractivity contribution is -0.358. The molecule has 2 amide bonds. The van der Waals surface area contributed by atoms with Gasteiger partial charge in [0.1, 0.15) is 67.0 Å². The average molecular weight is 681 g/mol. The van der Waals surface area contributed by atoms with Crippen LogP contribution in [-0.2, 0) is 52.7 Å². The lowest BCUT2D eigenvalue weighted by Gasteiger charge is -2.48. The average Bonchev–Trinajstić information content (AvgIpc) is 2.93. The number of carboxylic acids is 1. The minimum absolute atomic E-state index is 0.759. The maximum atomic E-state index is 12.2. The molecule has 0 aromatic heterocycles. The quantitative estimate of drug-likeness (QED) is 0.0902. The molecule has 0 bridgehead atoms. The Kier molecular flexibility index (Phi) is 12.5. The Morgan fingerprint density at radius 3 is 1.78 bits per heavy atom. The van der Waals surface area contributed by atoms with Gasteiger partial charge in [-0.25, -0.2) is 8.98 Å². The molecule has 3 heterocycles. The van der Waals surface area contributed by atoms with E-state index in [1.807, 2.05) is 0 Å². The minimum Gasteiger partial charge on any atom is -0.479 e. The van der Waals surface area contributed by atoms with Crippen LogP contribution in [0.2, 0.25) is 0 Å². The summed E-state index contributed by atoms with van der Waals surface area (Å²) in [4.78, 5) is 35.8. The van der Waals surface area contributed by atoms with E-state index in [0.29, 0.717) is 0 Å². The molecule has 1 unspecified atom stereocenters. The Morgan fingerprint density at radius 2 is 1.27 bits per heavy atom. The van der Waals surface area contributed by atoms with Gasteiger partial charge in [0.25, 0.3) is 0 Å². The van der Waals surface area contributed by atoms with Gasteiger partial charge in [-0.15, -0.1) is 0 Å². The molecule has 3 aliphatic rings. The van der Waals surface area contributed by atoms with Crippen LogP contribution >= 0.6 is 0 Å². The van der Waals surface area contributed by atoms with E-state index < -0.39 is 133 Å². The molecular formula is C22H36N2O20S. The number of aliphatic hydroxyl groups excluding tert-OH is 7. The summed E-state index contributed by atoms with van der Waals surface area (Å²) >= 11 is 0. The van der Waals surface area contributed by atoms with Gasteiger partial charge in [0, 0.05) is 13.8 Å². The molecule has 11 N–H and O–H groups in total. The van der Waals surface area contributed by atoms with Crippen LogP contribution < -0.4 is 10.6 Å². The Morgan fingerprint density at radius 1 is 0.711 bits per heavy atom. The van der Waals surface area contributed by atoms with Crippen LogP contribution in [0.3, 0.4) is 0 Å². The van der Waals surface area contributed by atoms with Crippen molar-refractivity contribution in [1.29, 1.82) is 0 Å². The second-order valence-corrected chi connectivity index (χ2v) is 11.4. The number of aliphatic hydroxyl groups is 7. The van der Waals surface area contributed by atoms with Crippen molar-refractivity contribution >= 4 is 28.2 Å². The van der Waals surface area contributed by atoms with Crippen molar-refractivity contribution in [3.05, 3.63) is 0 Å². The zero-order valence-electron chi connectivity index (χ0n) is 23.5. The van der Waals surface area contributed by atoms with Crippen LogP contribution in [-0.4, -0.2) is 177 Å². The Balaban J connectivity index is 1.94. The molecule has 0 spiro atoms. The Labute approximate surface area is 254 Å². The predicted molar refractivity (Wildman–Crippen MR) is 135 cm³/mol. The number of rotatable bonds is 11. The van der Waals surface area contributed by atoms with E-state index in [9.17, 15) is 68.2 Å². The lowest BCUT2D eigenvalue weighted by Crippen LogP contribution is -2.70. The van der Waals surface area contributed by atoms with E-state index in [0.717, 1.165) is 13.8 Å². The first-order chi connectivity index (χ1) is 20.9. The normalized spacial score (nSPS) is 42.5. The summed E-state index contributed by atoms with van der Waals surface area (Å²) in [7, 11) is -5.34. The molecular weight excluding hydrogens is 644 g/mol. The summed E-state index contributed by atoms with van der Waals surface area (Å²) in [6, 6.07) is -3.36. The topological polar surface area (TPSA) is 347 Å². The van der Waals surface area contributed by atoms with Gasteiger partial charge in [-0.05, 0) is 0 Å². The van der Waals surface area contributed by atoms with E-state index >= 15 is 0 Å². The second-order valence-electron chi connectivity index (χ2n) is 10.3. The summed E-state index contributed by atoms with van der Waals surface area (Å²) in [6.45, 7) is 0.0714. The number of hydrogen-bond donors (Lipinski definition) is 11. The van der Waals surface area contributed by atoms with Gasteiger partial charge in [0.05, 0.1) is 13.2 Å². The molecule has 0 aromatic carbocycles. The highest BCUT2D eigenvalue weighted by molar-refractivity contribution is 7.80. The summed E-state index contributed by atoms with van der Waals surface area (Å²) in [5, 5.41) is 86.4. The third kappa shape index (κ3) is 8.79. The third-order valence-electron chi connectivity index (χ3n) is 7.07. The molecule has 0 radical (unpaired) electrons. The van der Waals surface area contributed by atoms with Crippen LogP contribution in [0.15, 0.2) is 0 Å². The van der Waals surface area contributed by atoms with Gasteiger partial charge in [-0.2, -0.15) is 8.42 Å². The van der Waals surface area contributed by atoms with Crippen LogP contribution in [0.25, 0.3) is 0 Å². The molecule has 0 saturated carbocycles. The smallest absolute Gasteiger partial charge is 0.397 e. The molecule has 0 aromatic rings. The van der Waals surface area contributed by atoms with E-state index in [4.69, 9.17) is 23.7 Å². The number of nitrogens with one attached hydrogen (secondary N) is 2. The molecule has 3 aliphatic heterocycles. The van der Waals surface area contributed by atoms with Gasteiger partial charge < -0.3 is 75.2 Å². The van der Waals surface area contributed by atoms with Crippen molar-refractivity contribution in [2.75, 3.05) is 13.2 Å². The van der Waals surface area contributed by atoms with Crippen molar-refractivity contribution in [1.82, 2.24) is 10.6 Å². The first kappa shape index (κ1) is 37.3. The molecule has 3 rings (SSSR count). The van der Waals surface area contributed by atoms with Gasteiger partial charge in [0.2, 0.25) is 11.8 Å². The first-order valence-electron chi connectivity index (χ1n) is 13.2. The van der Waals surface area contributed by atoms with Gasteiger partial charge >= 0.3 is 16.4 Å². The second kappa shape index (κ2) is 15.1. The first-order valence-corrected chi connectivity index (χ1v) is 14.6. The van der Waals surface area contributed by atoms with Crippen molar-refractivity contribution in [2.45, 2.75) is 106 Å². The van der Waals surface area contributed by atoms with Crippen molar-refractivity contribution in [3.63, 3.8) is 0 Å². The van der Waals surface area contributed by atoms with Crippen LogP contribution in [0.4, 0.5) is 0 Å². The number of carbonyl (C=O) groups is 3. The predicted octanol–water partition coefficient (Wildman–Crippen LogP) is -7.37. The SMILES string of the molecule is CC(=O)N[C@H]1[C@H](O[C@H]2[C@H](O)[C@@H](O)[C@H](O[C@H]3[C@@H](OS(=O)(=O)O)[C@@H](CO)OC(O)[C@@H]3NC(C)=O)O[C@@H]2C(=O)O)O[C@H](CO)[C@H](O)[C@@H]1O. The third-order valence-corrected chi connectivity index (χ3v) is 7.53. The fourth-order valence-electron chi connectivity index (χ4n) is 5.07. The number of amides is 2. The number of hydrogen-bond acceptors (Lipinski definition) is 18. The molecule has 23 heteroatoms. The molecule has 3 saturated heterocycles. The maximum absolute atomic E-state index is 12.2. The van der Waals surface area contributed by atoms with Crippen molar-refractivity contribution in [2.24, 2.45) is 0 Å². The minimum atomic E-state index is -5.34. The van der Waals surface area contributed by atoms with E-state index in [1.165, 1.54) is 0 Å². The number of carbonyl (C=O) groups excluding carboxylic acids is 2. The zero-order chi connectivity index (χ0) is 34.0. The van der Waals surface area contributed by atoms with E-state index in [-0.39, 0.29) is 0 Å². The zero-order valence-corrected chi connectivity index (χ0v) is 24.3. The van der Waals surface area contributed by atoms with Gasteiger partial charge in [-0.3, -0.25) is 14.1 Å². The van der Waals surface area contributed by atoms with Crippen LogP contribution in [0.1, 0.15) is 13.8 Å². The molecule has 0 aliphatic carbocycles. The standard InChI is InChI=1S/C22H36N2O20S/c1-5(27)23-9-12(30)11(29)7(3-25)40-21(9)42-17-13(31)14(32)22(43-18(17)19(33)34)41-16-10(24-6(2)28)20(35)39-8(4-26)15(16)44-45(36,37)38/h7-18,20-22,25-26,29-32,35H,3-4H2,1-2H3,(H,23,27)(H,24,28)(H,33,34)(H,36,37,38)/t7-,8-,9-,10-,11+,12-,13-,14-,15+,16-,17+,18+,20?,21+,22-/m1/s1. The summed E-state index contributed by atoms with van der Waals surface area (Å²) in [5.41, 5.74) is 0. The van der Waals surface area contributed by atoms with Crippen molar-refractivity contribution < 1.29 is 96.1 Å². The van der Waals surface area contributed by atoms with E-state index in [1.54, 1.807) is 0 Å². The lowest BCUT2D eigenvalue weighted by atomic mass is 9.94. The highest BCUT2D eigenvalue weighted by Gasteiger charge is 2.56. The maximum Gasteiger partial charge on any atom is 0.397 e. The highest BCUT2D eigenvalue weighted by atomic mass is 32.3. The summed E-state index contributed by atoms with van der Waals surface area (Å²) < 4.78 is 63.8. The van der Waals surface area contributed by atoms with E-state index in [2.05, 4.69) is 14.8 Å². The molecule has 3 fully saturated rings. The molecule has 45 heavy (non-hydrogen) atoms. The molecule has 15 atom stereocenters. The van der Waals surface area contributed by atoms with Crippen LogP contribution in [0, 0.1) is 0 Å². The fraction of sp³-hybridized carbons (Fsp3) is 0.864. The monoisotopic (exact) mass is 680 g/mol. The van der Waals surface area contributed by atoms with Crippen LogP contribution in [0.5, 0.6) is 0 Å². The van der Waals surface area contributed by atoms with Gasteiger partial charge in [-0.1, -0.05) is 0 Å². The van der Waals surface area contributed by atoms with Crippen molar-refractivity contribution in [3.8, 4) is 0 Å².